The minimum atomic E-state index is -0.118. The average Bonchev–Trinajstić information content (AvgIpc) is 2.95. The van der Waals surface area contributed by atoms with Gasteiger partial charge in [0.05, 0.1) is 22.3 Å². The van der Waals surface area contributed by atoms with Crippen molar-refractivity contribution in [3.05, 3.63) is 52.1 Å². The third-order valence-corrected chi connectivity index (χ3v) is 4.66. The fraction of sp³-hybridized carbons (Fsp3) is 0.188. The topological polar surface area (TPSA) is 70.7 Å². The zero-order valence-corrected chi connectivity index (χ0v) is 15.0. The number of amides is 1. The Balaban J connectivity index is 1.58. The molecular formula is C16H14Cl2N4OS. The van der Waals surface area contributed by atoms with Crippen LogP contribution < -0.4 is 5.32 Å². The Bertz CT molecular complexity index is 883. The molecule has 24 heavy (non-hydrogen) atoms. The second-order valence-electron chi connectivity index (χ2n) is 5.20. The highest BCUT2D eigenvalue weighted by Gasteiger charge is 2.12. The first-order chi connectivity index (χ1) is 11.5. The van der Waals surface area contributed by atoms with Crippen LogP contribution in [0.15, 0.2) is 41.7 Å². The van der Waals surface area contributed by atoms with E-state index in [1.807, 2.05) is 25.1 Å². The molecule has 0 radical (unpaired) electrons. The molecule has 2 aromatic heterocycles. The number of thioether (sulfide) groups is 1. The number of fused-ring (bicyclic) bond motifs is 1. The van der Waals surface area contributed by atoms with E-state index in [9.17, 15) is 4.79 Å². The highest BCUT2D eigenvalue weighted by Crippen LogP contribution is 2.21. The molecule has 0 fully saturated rings. The van der Waals surface area contributed by atoms with E-state index in [0.29, 0.717) is 20.8 Å². The van der Waals surface area contributed by atoms with E-state index < -0.39 is 0 Å². The lowest BCUT2D eigenvalue weighted by Gasteiger charge is -2.14. The van der Waals surface area contributed by atoms with Crippen LogP contribution in [-0.4, -0.2) is 26.6 Å². The van der Waals surface area contributed by atoms with E-state index in [2.05, 4.69) is 20.3 Å². The zero-order chi connectivity index (χ0) is 17.1. The SMILES string of the molecule is C[C@@H](NC(=O)CSc1nc2ncc(Cl)cc2[nH]1)c1cccc(Cl)c1. The maximum Gasteiger partial charge on any atom is 0.230 e. The lowest BCUT2D eigenvalue weighted by molar-refractivity contribution is -0.119. The highest BCUT2D eigenvalue weighted by molar-refractivity contribution is 7.99. The summed E-state index contributed by atoms with van der Waals surface area (Å²) in [5.74, 6) is 0.164. The third-order valence-electron chi connectivity index (χ3n) is 3.35. The summed E-state index contributed by atoms with van der Waals surface area (Å²) in [6, 6.07) is 9.07. The summed E-state index contributed by atoms with van der Waals surface area (Å²) < 4.78 is 0. The van der Waals surface area contributed by atoms with Crippen LogP contribution >= 0.6 is 35.0 Å². The predicted molar refractivity (Wildman–Crippen MR) is 97.6 cm³/mol. The fourth-order valence-electron chi connectivity index (χ4n) is 2.20. The molecule has 0 bridgehead atoms. The molecule has 0 aliphatic rings. The standard InChI is InChI=1S/C16H14Cl2N4OS/c1-9(10-3-2-4-11(17)5-10)20-14(23)8-24-16-21-13-6-12(18)7-19-15(13)22-16/h2-7,9H,8H2,1H3,(H,20,23)(H,19,21,22)/t9-/m1/s1. The molecule has 124 valence electrons. The average molecular weight is 381 g/mol. The van der Waals surface area contributed by atoms with Crippen molar-refractivity contribution >= 4 is 52.0 Å². The summed E-state index contributed by atoms with van der Waals surface area (Å²) in [7, 11) is 0. The van der Waals surface area contributed by atoms with Gasteiger partial charge in [0.15, 0.2) is 10.8 Å². The molecule has 3 rings (SSSR count). The highest BCUT2D eigenvalue weighted by atomic mass is 35.5. The molecule has 1 atom stereocenters. The monoisotopic (exact) mass is 380 g/mol. The zero-order valence-electron chi connectivity index (χ0n) is 12.7. The molecule has 2 heterocycles. The minimum Gasteiger partial charge on any atom is -0.349 e. The van der Waals surface area contributed by atoms with Crippen LogP contribution in [-0.2, 0) is 4.79 Å². The van der Waals surface area contributed by atoms with Crippen LogP contribution in [0.4, 0.5) is 0 Å². The van der Waals surface area contributed by atoms with Gasteiger partial charge in [-0.25, -0.2) is 9.97 Å². The maximum atomic E-state index is 12.1. The van der Waals surface area contributed by atoms with Gasteiger partial charge in [-0.2, -0.15) is 0 Å². The van der Waals surface area contributed by atoms with Crippen molar-refractivity contribution in [3.8, 4) is 0 Å². The second kappa shape index (κ2) is 7.42. The lowest BCUT2D eigenvalue weighted by atomic mass is 10.1. The first kappa shape index (κ1) is 17.1. The largest absolute Gasteiger partial charge is 0.349 e. The summed E-state index contributed by atoms with van der Waals surface area (Å²) in [5.41, 5.74) is 2.29. The smallest absolute Gasteiger partial charge is 0.230 e. The Labute approximate surface area is 153 Å². The number of hydrogen-bond donors (Lipinski definition) is 2. The van der Waals surface area contributed by atoms with Gasteiger partial charge in [0, 0.05) is 11.2 Å². The van der Waals surface area contributed by atoms with Crippen LogP contribution in [0.25, 0.3) is 11.2 Å². The normalized spacial score (nSPS) is 12.3. The number of halogens is 2. The van der Waals surface area contributed by atoms with Crippen molar-refractivity contribution in [2.24, 2.45) is 0 Å². The van der Waals surface area contributed by atoms with Crippen molar-refractivity contribution < 1.29 is 4.79 Å². The Morgan fingerprint density at radius 3 is 2.96 bits per heavy atom. The molecule has 5 nitrogen and oxygen atoms in total. The Kier molecular flexibility index (Phi) is 5.28. The summed E-state index contributed by atoms with van der Waals surface area (Å²) in [4.78, 5) is 23.6. The number of nitrogens with one attached hydrogen (secondary N) is 2. The van der Waals surface area contributed by atoms with Gasteiger partial charge in [-0.15, -0.1) is 0 Å². The molecule has 0 spiro atoms. The van der Waals surface area contributed by atoms with E-state index >= 15 is 0 Å². The van der Waals surface area contributed by atoms with E-state index in [0.717, 1.165) is 11.1 Å². The predicted octanol–water partition coefficient (Wildman–Crippen LogP) is 4.23. The molecule has 0 aliphatic heterocycles. The van der Waals surface area contributed by atoms with Crippen molar-refractivity contribution in [2.75, 3.05) is 5.75 Å². The van der Waals surface area contributed by atoms with Gasteiger partial charge in [-0.3, -0.25) is 4.79 Å². The van der Waals surface area contributed by atoms with Gasteiger partial charge in [0.25, 0.3) is 0 Å². The molecule has 8 heteroatoms. The van der Waals surface area contributed by atoms with Gasteiger partial charge < -0.3 is 10.3 Å². The fourth-order valence-corrected chi connectivity index (χ4v) is 3.24. The van der Waals surface area contributed by atoms with Gasteiger partial charge in [0.2, 0.25) is 5.91 Å². The summed E-state index contributed by atoms with van der Waals surface area (Å²) >= 11 is 13.2. The van der Waals surface area contributed by atoms with Crippen molar-refractivity contribution in [1.29, 1.82) is 0 Å². The van der Waals surface area contributed by atoms with E-state index in [1.54, 1.807) is 18.3 Å². The van der Waals surface area contributed by atoms with Crippen LogP contribution in [0.5, 0.6) is 0 Å². The molecule has 0 unspecified atom stereocenters. The second-order valence-corrected chi connectivity index (χ2v) is 7.04. The van der Waals surface area contributed by atoms with E-state index in [-0.39, 0.29) is 17.7 Å². The number of carbonyl (C=O) groups is 1. The number of imidazole rings is 1. The summed E-state index contributed by atoms with van der Waals surface area (Å²) in [5, 5.41) is 4.76. The van der Waals surface area contributed by atoms with Crippen LogP contribution in [0.2, 0.25) is 10.0 Å². The quantitative estimate of drug-likeness (QED) is 0.649. The number of hydrogen-bond acceptors (Lipinski definition) is 4. The summed E-state index contributed by atoms with van der Waals surface area (Å²) in [6.07, 6.45) is 1.54. The van der Waals surface area contributed by atoms with Gasteiger partial charge in [0.1, 0.15) is 0 Å². The Morgan fingerprint density at radius 2 is 2.17 bits per heavy atom. The molecule has 1 amide bonds. The molecular weight excluding hydrogens is 367 g/mol. The first-order valence-electron chi connectivity index (χ1n) is 7.20. The molecule has 2 N–H and O–H groups in total. The maximum absolute atomic E-state index is 12.1. The third kappa shape index (κ3) is 4.20. The first-order valence-corrected chi connectivity index (χ1v) is 8.94. The van der Waals surface area contributed by atoms with Crippen LogP contribution in [0, 0.1) is 0 Å². The number of carbonyl (C=O) groups excluding carboxylic acids is 1. The lowest BCUT2D eigenvalue weighted by Crippen LogP contribution is -2.28. The van der Waals surface area contributed by atoms with E-state index in [4.69, 9.17) is 23.2 Å². The summed E-state index contributed by atoms with van der Waals surface area (Å²) in [6.45, 7) is 1.92. The number of benzene rings is 1. The van der Waals surface area contributed by atoms with Gasteiger partial charge in [-0.1, -0.05) is 47.1 Å². The van der Waals surface area contributed by atoms with Crippen LogP contribution in [0.1, 0.15) is 18.5 Å². The number of aromatic amines is 1. The molecule has 0 saturated carbocycles. The molecule has 1 aromatic carbocycles. The number of rotatable bonds is 5. The van der Waals surface area contributed by atoms with Gasteiger partial charge >= 0.3 is 0 Å². The van der Waals surface area contributed by atoms with Crippen molar-refractivity contribution in [3.63, 3.8) is 0 Å². The molecule has 0 aliphatic carbocycles. The van der Waals surface area contributed by atoms with Crippen LogP contribution in [0.3, 0.4) is 0 Å². The van der Waals surface area contributed by atoms with Gasteiger partial charge in [-0.05, 0) is 30.7 Å². The van der Waals surface area contributed by atoms with E-state index in [1.165, 1.54) is 11.8 Å². The molecule has 3 aromatic rings. The number of aromatic nitrogens is 3. The number of nitrogens with zero attached hydrogens (tertiary/aromatic N) is 2. The van der Waals surface area contributed by atoms with Crippen molar-refractivity contribution in [1.82, 2.24) is 20.3 Å². The minimum absolute atomic E-state index is 0.0843. The Morgan fingerprint density at radius 1 is 1.33 bits per heavy atom. The number of H-pyrrole nitrogens is 1. The molecule has 0 saturated heterocycles. The van der Waals surface area contributed by atoms with Crippen molar-refractivity contribution in [2.45, 2.75) is 18.1 Å². The Hall–Kier alpha value is -1.76. The number of pyridine rings is 1.